The van der Waals surface area contributed by atoms with Crippen molar-refractivity contribution in [3.63, 3.8) is 0 Å². The van der Waals surface area contributed by atoms with Gasteiger partial charge in [0.1, 0.15) is 13.2 Å². The number of oxime groups is 1. The van der Waals surface area contributed by atoms with Crippen molar-refractivity contribution in [2.24, 2.45) is 5.16 Å². The molecule has 0 bridgehead atoms. The number of hydrogen-bond donors (Lipinski definition) is 1. The van der Waals surface area contributed by atoms with Gasteiger partial charge >= 0.3 is 0 Å². The van der Waals surface area contributed by atoms with E-state index in [4.69, 9.17) is 9.36 Å². The third kappa shape index (κ3) is 4.46. The third-order valence-electron chi connectivity index (χ3n) is 6.68. The van der Waals surface area contributed by atoms with Crippen LogP contribution in [0, 0.1) is 0 Å². The fraction of sp³-hybridized carbons (Fsp3) is 0.385. The Hall–Kier alpha value is -3.52. The van der Waals surface area contributed by atoms with Crippen LogP contribution in [0.15, 0.2) is 64.3 Å². The molecule has 2 fully saturated rings. The molecule has 1 saturated heterocycles. The summed E-state index contributed by atoms with van der Waals surface area (Å²) >= 11 is 0. The fourth-order valence-electron chi connectivity index (χ4n) is 4.88. The average molecular weight is 461 g/mol. The highest BCUT2D eigenvalue weighted by Gasteiger charge is 2.39. The number of rotatable bonds is 5. The number of benzene rings is 2. The topological polar surface area (TPSA) is 101 Å². The molecule has 8 nitrogen and oxygen atoms in total. The molecule has 2 aliphatic rings. The van der Waals surface area contributed by atoms with E-state index >= 15 is 0 Å². The van der Waals surface area contributed by atoms with E-state index < -0.39 is 12.1 Å². The number of carbonyl (C=O) groups excluding carboxylic acids is 1. The van der Waals surface area contributed by atoms with Gasteiger partial charge in [0.15, 0.2) is 5.82 Å². The lowest BCUT2D eigenvalue weighted by molar-refractivity contribution is 0.0713. The van der Waals surface area contributed by atoms with E-state index in [1.54, 1.807) is 4.90 Å². The first kappa shape index (κ1) is 22.3. The van der Waals surface area contributed by atoms with Crippen LogP contribution in [0.25, 0.3) is 11.1 Å². The van der Waals surface area contributed by atoms with Gasteiger partial charge in [-0.2, -0.15) is 4.98 Å². The van der Waals surface area contributed by atoms with E-state index in [2.05, 4.69) is 15.3 Å². The smallest absolute Gasteiger partial charge is 0.254 e. The van der Waals surface area contributed by atoms with Crippen LogP contribution in [0.1, 0.15) is 66.1 Å². The molecule has 0 unspecified atom stereocenters. The summed E-state index contributed by atoms with van der Waals surface area (Å²) in [6, 6.07) is 17.2. The minimum atomic E-state index is -0.464. The van der Waals surface area contributed by atoms with E-state index in [0.717, 1.165) is 42.5 Å². The SMILES string of the molecule is CON=C1C[C@@H](c2nc([C@@H]3CCCC[C@H]3O)no2)N(C(=O)c2ccc(-c3ccccc3)cc2)C1. The summed E-state index contributed by atoms with van der Waals surface area (Å²) < 4.78 is 5.61. The van der Waals surface area contributed by atoms with Gasteiger partial charge in [-0.3, -0.25) is 4.79 Å². The molecular formula is C26H28N4O4. The zero-order valence-electron chi connectivity index (χ0n) is 19.1. The van der Waals surface area contributed by atoms with Crippen molar-refractivity contribution in [3.8, 4) is 11.1 Å². The summed E-state index contributed by atoms with van der Waals surface area (Å²) in [6.45, 7) is 0.321. The maximum atomic E-state index is 13.5. The van der Waals surface area contributed by atoms with Crippen molar-refractivity contribution in [2.45, 2.75) is 50.2 Å². The molecule has 3 atom stereocenters. The van der Waals surface area contributed by atoms with E-state index in [1.807, 2.05) is 54.6 Å². The lowest BCUT2D eigenvalue weighted by Crippen LogP contribution is -2.31. The Morgan fingerprint density at radius 1 is 1.09 bits per heavy atom. The molecule has 0 radical (unpaired) electrons. The first-order valence-electron chi connectivity index (χ1n) is 11.7. The van der Waals surface area contributed by atoms with E-state index in [0.29, 0.717) is 30.2 Å². The van der Waals surface area contributed by atoms with Gasteiger partial charge in [0.25, 0.3) is 5.91 Å². The van der Waals surface area contributed by atoms with Crippen molar-refractivity contribution in [1.29, 1.82) is 0 Å². The first-order chi connectivity index (χ1) is 16.6. The van der Waals surface area contributed by atoms with E-state index in [9.17, 15) is 9.90 Å². The number of aliphatic hydroxyl groups is 1. The zero-order chi connectivity index (χ0) is 23.5. The van der Waals surface area contributed by atoms with Gasteiger partial charge in [-0.1, -0.05) is 65.6 Å². The highest BCUT2D eigenvalue weighted by molar-refractivity contribution is 6.00. The van der Waals surface area contributed by atoms with E-state index in [1.165, 1.54) is 7.11 Å². The number of nitrogens with zero attached hydrogens (tertiary/aromatic N) is 4. The molecule has 0 spiro atoms. The Kier molecular flexibility index (Phi) is 6.40. The normalized spacial score (nSPS) is 23.9. The molecule has 1 amide bonds. The Morgan fingerprint density at radius 2 is 1.82 bits per heavy atom. The van der Waals surface area contributed by atoms with Crippen LogP contribution >= 0.6 is 0 Å². The summed E-state index contributed by atoms with van der Waals surface area (Å²) in [5.74, 6) is 0.611. The number of carbonyl (C=O) groups is 1. The van der Waals surface area contributed by atoms with Crippen LogP contribution in [-0.4, -0.2) is 51.5 Å². The molecule has 176 valence electrons. The molecule has 1 saturated carbocycles. The van der Waals surface area contributed by atoms with Gasteiger partial charge in [-0.25, -0.2) is 0 Å². The van der Waals surface area contributed by atoms with Gasteiger partial charge in [0, 0.05) is 17.9 Å². The van der Waals surface area contributed by atoms with Crippen molar-refractivity contribution in [2.75, 3.05) is 13.7 Å². The molecule has 1 N–H and O–H groups in total. The zero-order valence-corrected chi connectivity index (χ0v) is 19.1. The Balaban J connectivity index is 1.39. The maximum Gasteiger partial charge on any atom is 0.254 e. The monoisotopic (exact) mass is 460 g/mol. The van der Waals surface area contributed by atoms with Gasteiger partial charge in [0.2, 0.25) is 5.89 Å². The minimum Gasteiger partial charge on any atom is -0.399 e. The molecule has 3 aromatic rings. The van der Waals surface area contributed by atoms with Gasteiger partial charge in [-0.05, 0) is 36.1 Å². The summed E-state index contributed by atoms with van der Waals surface area (Å²) in [5, 5.41) is 18.6. The highest BCUT2D eigenvalue weighted by Crippen LogP contribution is 2.35. The Bertz CT molecular complexity index is 1160. The third-order valence-corrected chi connectivity index (χ3v) is 6.68. The summed E-state index contributed by atoms with van der Waals surface area (Å²) in [5.41, 5.74) is 3.45. The lowest BCUT2D eigenvalue weighted by atomic mass is 9.86. The van der Waals surface area contributed by atoms with Crippen LogP contribution < -0.4 is 0 Å². The summed E-state index contributed by atoms with van der Waals surface area (Å²) in [6.07, 6.45) is 3.60. The quantitative estimate of drug-likeness (QED) is 0.568. The second-order valence-corrected chi connectivity index (χ2v) is 8.89. The molecule has 5 rings (SSSR count). The molecule has 1 aliphatic carbocycles. The standard InChI is InChI=1S/C26H28N4O4/c1-33-28-20-15-22(25-27-24(29-34-25)21-9-5-6-10-23(21)31)30(16-20)26(32)19-13-11-18(12-14-19)17-7-3-2-4-8-17/h2-4,7-8,11-14,21-23,31H,5-6,9-10,15-16H2,1H3/t21-,22+,23-/m1/s1. The number of aromatic nitrogens is 2. The van der Waals surface area contributed by atoms with E-state index in [-0.39, 0.29) is 11.8 Å². The summed E-state index contributed by atoms with van der Waals surface area (Å²) in [4.78, 5) is 24.8. The average Bonchev–Trinajstić information content (AvgIpc) is 3.52. The predicted molar refractivity (Wildman–Crippen MR) is 126 cm³/mol. The van der Waals surface area contributed by atoms with Crippen molar-refractivity contribution in [1.82, 2.24) is 15.0 Å². The first-order valence-corrected chi connectivity index (χ1v) is 11.7. The predicted octanol–water partition coefficient (Wildman–Crippen LogP) is 4.34. The molecule has 2 heterocycles. The molecule has 1 aromatic heterocycles. The molecule has 1 aliphatic heterocycles. The fourth-order valence-corrected chi connectivity index (χ4v) is 4.88. The van der Waals surface area contributed by atoms with Gasteiger partial charge in [0.05, 0.1) is 18.4 Å². The van der Waals surface area contributed by atoms with Crippen LogP contribution in [-0.2, 0) is 4.84 Å². The van der Waals surface area contributed by atoms with Crippen molar-refractivity contribution < 1.29 is 19.3 Å². The molecule has 34 heavy (non-hydrogen) atoms. The van der Waals surface area contributed by atoms with Crippen molar-refractivity contribution >= 4 is 11.6 Å². The van der Waals surface area contributed by atoms with Crippen LogP contribution in [0.3, 0.4) is 0 Å². The van der Waals surface area contributed by atoms with Crippen LogP contribution in [0.5, 0.6) is 0 Å². The second kappa shape index (κ2) is 9.77. The van der Waals surface area contributed by atoms with Gasteiger partial charge in [-0.15, -0.1) is 0 Å². The molecule has 2 aromatic carbocycles. The Morgan fingerprint density at radius 3 is 2.56 bits per heavy atom. The van der Waals surface area contributed by atoms with Gasteiger partial charge < -0.3 is 19.4 Å². The number of hydrogen-bond acceptors (Lipinski definition) is 7. The Labute approximate surface area is 198 Å². The summed E-state index contributed by atoms with van der Waals surface area (Å²) in [7, 11) is 1.49. The number of aliphatic hydroxyl groups excluding tert-OH is 1. The largest absolute Gasteiger partial charge is 0.399 e. The van der Waals surface area contributed by atoms with Crippen LogP contribution in [0.4, 0.5) is 0 Å². The number of amides is 1. The highest BCUT2D eigenvalue weighted by atomic mass is 16.6. The molecule has 8 heteroatoms. The lowest BCUT2D eigenvalue weighted by Gasteiger charge is -2.24. The van der Waals surface area contributed by atoms with Crippen molar-refractivity contribution in [3.05, 3.63) is 71.9 Å². The number of likely N-dealkylation sites (tertiary alicyclic amines) is 1. The maximum absolute atomic E-state index is 13.5. The van der Waals surface area contributed by atoms with Crippen LogP contribution in [0.2, 0.25) is 0 Å². The minimum absolute atomic E-state index is 0.130. The molecular weight excluding hydrogens is 432 g/mol. The second-order valence-electron chi connectivity index (χ2n) is 8.89.